The van der Waals surface area contributed by atoms with E-state index in [0.717, 1.165) is 42.5 Å². The Kier molecular flexibility index (Phi) is 5.73. The highest BCUT2D eigenvalue weighted by Gasteiger charge is 2.35. The van der Waals surface area contributed by atoms with Gasteiger partial charge >= 0.3 is 0 Å². The van der Waals surface area contributed by atoms with Gasteiger partial charge in [0, 0.05) is 23.3 Å². The Morgan fingerprint density at radius 3 is 3.00 bits per heavy atom. The standard InChI is InChI=1S/C15H22BrClN2O/c1-2-3-12-9-15(10-18,6-7-20-12)19-11-4-5-14(17)13(16)8-11/h4-5,8,12,19H,2-3,6-7,9-10,18H2,1H3. The molecule has 0 spiro atoms. The highest BCUT2D eigenvalue weighted by Crippen LogP contribution is 2.32. The van der Waals surface area contributed by atoms with Gasteiger partial charge in [0.1, 0.15) is 0 Å². The van der Waals surface area contributed by atoms with Crippen molar-refractivity contribution in [2.45, 2.75) is 44.2 Å². The Morgan fingerprint density at radius 1 is 1.55 bits per heavy atom. The molecule has 1 fully saturated rings. The van der Waals surface area contributed by atoms with Crippen LogP contribution in [0, 0.1) is 0 Å². The minimum Gasteiger partial charge on any atom is -0.378 e. The first kappa shape index (κ1) is 16.1. The third kappa shape index (κ3) is 3.88. The molecule has 0 aliphatic carbocycles. The first-order chi connectivity index (χ1) is 9.58. The minimum atomic E-state index is -0.0780. The van der Waals surface area contributed by atoms with Crippen LogP contribution >= 0.6 is 27.5 Å². The van der Waals surface area contributed by atoms with Crippen LogP contribution in [0.4, 0.5) is 5.69 Å². The van der Waals surface area contributed by atoms with Crippen molar-refractivity contribution in [3.8, 4) is 0 Å². The first-order valence-electron chi connectivity index (χ1n) is 7.13. The zero-order valence-electron chi connectivity index (χ0n) is 11.8. The van der Waals surface area contributed by atoms with Crippen LogP contribution in [-0.2, 0) is 4.74 Å². The summed E-state index contributed by atoms with van der Waals surface area (Å²) in [5, 5.41) is 4.32. The molecule has 5 heteroatoms. The molecule has 0 aromatic heterocycles. The molecule has 0 amide bonds. The van der Waals surface area contributed by atoms with Crippen LogP contribution in [0.5, 0.6) is 0 Å². The van der Waals surface area contributed by atoms with Crippen LogP contribution < -0.4 is 11.1 Å². The summed E-state index contributed by atoms with van der Waals surface area (Å²) in [5.41, 5.74) is 7.02. The van der Waals surface area contributed by atoms with Crippen molar-refractivity contribution in [3.05, 3.63) is 27.7 Å². The Labute approximate surface area is 134 Å². The van der Waals surface area contributed by atoms with Gasteiger partial charge in [0.25, 0.3) is 0 Å². The van der Waals surface area contributed by atoms with Gasteiger partial charge in [-0.05, 0) is 53.4 Å². The molecule has 1 saturated heterocycles. The van der Waals surface area contributed by atoms with E-state index in [-0.39, 0.29) is 5.54 Å². The molecule has 1 heterocycles. The lowest BCUT2D eigenvalue weighted by atomic mass is 9.85. The summed E-state index contributed by atoms with van der Waals surface area (Å²) >= 11 is 9.50. The van der Waals surface area contributed by atoms with E-state index in [9.17, 15) is 0 Å². The Bertz CT molecular complexity index is 455. The number of anilines is 1. The second-order valence-electron chi connectivity index (χ2n) is 5.47. The number of benzene rings is 1. The zero-order valence-corrected chi connectivity index (χ0v) is 14.1. The molecule has 0 saturated carbocycles. The van der Waals surface area contributed by atoms with E-state index in [1.807, 2.05) is 18.2 Å². The van der Waals surface area contributed by atoms with Crippen LogP contribution in [0.15, 0.2) is 22.7 Å². The molecule has 2 atom stereocenters. The number of nitrogens with two attached hydrogens (primary N) is 1. The van der Waals surface area contributed by atoms with E-state index in [2.05, 4.69) is 28.2 Å². The van der Waals surface area contributed by atoms with Crippen LogP contribution in [0.25, 0.3) is 0 Å². The second kappa shape index (κ2) is 7.12. The van der Waals surface area contributed by atoms with Gasteiger partial charge in [-0.1, -0.05) is 24.9 Å². The van der Waals surface area contributed by atoms with Crippen molar-refractivity contribution in [3.63, 3.8) is 0 Å². The van der Waals surface area contributed by atoms with E-state index in [0.29, 0.717) is 17.7 Å². The molecule has 1 aromatic carbocycles. The maximum absolute atomic E-state index is 6.06. The number of nitrogens with one attached hydrogen (secondary N) is 1. The smallest absolute Gasteiger partial charge is 0.0597 e. The molecule has 112 valence electrons. The van der Waals surface area contributed by atoms with Crippen molar-refractivity contribution >= 4 is 33.2 Å². The molecule has 1 aliphatic heterocycles. The lowest BCUT2D eigenvalue weighted by Crippen LogP contribution is -2.52. The molecule has 3 N–H and O–H groups in total. The average molecular weight is 362 g/mol. The van der Waals surface area contributed by atoms with Crippen molar-refractivity contribution in [2.24, 2.45) is 5.73 Å². The fourth-order valence-electron chi connectivity index (χ4n) is 2.76. The molecule has 3 nitrogen and oxygen atoms in total. The highest BCUT2D eigenvalue weighted by atomic mass is 79.9. The van der Waals surface area contributed by atoms with E-state index in [1.165, 1.54) is 0 Å². The molecule has 2 unspecified atom stereocenters. The maximum Gasteiger partial charge on any atom is 0.0597 e. The lowest BCUT2D eigenvalue weighted by Gasteiger charge is -2.41. The van der Waals surface area contributed by atoms with Gasteiger partial charge in [0.05, 0.1) is 16.7 Å². The maximum atomic E-state index is 6.06. The fourth-order valence-corrected chi connectivity index (χ4v) is 3.25. The number of rotatable bonds is 5. The highest BCUT2D eigenvalue weighted by molar-refractivity contribution is 9.10. The quantitative estimate of drug-likeness (QED) is 0.826. The molecule has 0 radical (unpaired) electrons. The van der Waals surface area contributed by atoms with Crippen LogP contribution in [0.3, 0.4) is 0 Å². The Morgan fingerprint density at radius 2 is 2.35 bits per heavy atom. The van der Waals surface area contributed by atoms with E-state index >= 15 is 0 Å². The van der Waals surface area contributed by atoms with E-state index in [1.54, 1.807) is 0 Å². The largest absolute Gasteiger partial charge is 0.378 e. The lowest BCUT2D eigenvalue weighted by molar-refractivity contribution is -0.0155. The summed E-state index contributed by atoms with van der Waals surface area (Å²) < 4.78 is 6.73. The topological polar surface area (TPSA) is 47.3 Å². The van der Waals surface area contributed by atoms with Crippen LogP contribution in [-0.4, -0.2) is 24.8 Å². The van der Waals surface area contributed by atoms with Crippen LogP contribution in [0.2, 0.25) is 5.02 Å². The van der Waals surface area contributed by atoms with Gasteiger partial charge < -0.3 is 15.8 Å². The van der Waals surface area contributed by atoms with Gasteiger partial charge in [0.2, 0.25) is 0 Å². The third-order valence-corrected chi connectivity index (χ3v) is 5.10. The predicted octanol–water partition coefficient (Wildman–Crippen LogP) is 4.19. The van der Waals surface area contributed by atoms with Crippen molar-refractivity contribution in [2.75, 3.05) is 18.5 Å². The van der Waals surface area contributed by atoms with Crippen LogP contribution in [0.1, 0.15) is 32.6 Å². The van der Waals surface area contributed by atoms with Gasteiger partial charge in [-0.15, -0.1) is 0 Å². The van der Waals surface area contributed by atoms with Gasteiger partial charge in [-0.3, -0.25) is 0 Å². The average Bonchev–Trinajstić information content (AvgIpc) is 2.44. The molecule has 2 rings (SSSR count). The third-order valence-electron chi connectivity index (χ3n) is 3.88. The fraction of sp³-hybridized carbons (Fsp3) is 0.600. The molecule has 1 aliphatic rings. The molecular weight excluding hydrogens is 340 g/mol. The molecule has 20 heavy (non-hydrogen) atoms. The van der Waals surface area contributed by atoms with Gasteiger partial charge in [0.15, 0.2) is 0 Å². The molecule has 1 aromatic rings. The van der Waals surface area contributed by atoms with Crippen molar-refractivity contribution < 1.29 is 4.74 Å². The number of halogens is 2. The van der Waals surface area contributed by atoms with Gasteiger partial charge in [-0.2, -0.15) is 0 Å². The summed E-state index contributed by atoms with van der Waals surface area (Å²) in [7, 11) is 0. The Hall–Kier alpha value is -0.290. The second-order valence-corrected chi connectivity index (χ2v) is 6.74. The van der Waals surface area contributed by atoms with Crippen molar-refractivity contribution in [1.82, 2.24) is 0 Å². The van der Waals surface area contributed by atoms with Crippen molar-refractivity contribution in [1.29, 1.82) is 0 Å². The predicted molar refractivity (Wildman–Crippen MR) is 88.4 cm³/mol. The summed E-state index contributed by atoms with van der Waals surface area (Å²) in [4.78, 5) is 0. The number of hydrogen-bond acceptors (Lipinski definition) is 3. The molecule has 0 bridgehead atoms. The number of ether oxygens (including phenoxy) is 1. The summed E-state index contributed by atoms with van der Waals surface area (Å²) in [5.74, 6) is 0. The zero-order chi connectivity index (χ0) is 14.6. The SMILES string of the molecule is CCCC1CC(CN)(Nc2ccc(Cl)c(Br)c2)CCO1. The summed E-state index contributed by atoms with van der Waals surface area (Å²) in [6, 6.07) is 5.89. The normalized spacial score (nSPS) is 26.5. The van der Waals surface area contributed by atoms with E-state index < -0.39 is 0 Å². The first-order valence-corrected chi connectivity index (χ1v) is 8.30. The molecular formula is C15H22BrClN2O. The van der Waals surface area contributed by atoms with Gasteiger partial charge in [-0.25, -0.2) is 0 Å². The summed E-state index contributed by atoms with van der Waals surface area (Å²) in [6.45, 7) is 3.56. The summed E-state index contributed by atoms with van der Waals surface area (Å²) in [6.07, 6.45) is 4.42. The minimum absolute atomic E-state index is 0.0780. The van der Waals surface area contributed by atoms with E-state index in [4.69, 9.17) is 22.1 Å². The number of hydrogen-bond donors (Lipinski definition) is 2. The monoisotopic (exact) mass is 360 g/mol. The Balaban J connectivity index is 2.12.